The minimum absolute atomic E-state index is 0. The van der Waals surface area contributed by atoms with E-state index in [1.165, 1.54) is 0 Å². The molecule has 1 aliphatic rings. The van der Waals surface area contributed by atoms with Crippen molar-refractivity contribution in [2.24, 2.45) is 11.7 Å². The van der Waals surface area contributed by atoms with Crippen LogP contribution in [0.2, 0.25) is 0 Å². The summed E-state index contributed by atoms with van der Waals surface area (Å²) in [6, 6.07) is 0.137. The molecule has 0 bridgehead atoms. The van der Waals surface area contributed by atoms with Crippen LogP contribution in [0.4, 0.5) is 0 Å². The highest BCUT2D eigenvalue weighted by Gasteiger charge is 2.32. The maximum Gasteiger partial charge on any atom is 0.225 e. The normalized spacial score (nSPS) is 21.4. The monoisotopic (exact) mass is 263 g/mol. The van der Waals surface area contributed by atoms with E-state index in [1.54, 1.807) is 11.8 Å². The van der Waals surface area contributed by atoms with E-state index in [0.29, 0.717) is 19.5 Å². The van der Waals surface area contributed by atoms with Gasteiger partial charge in [-0.25, -0.2) is 0 Å². The van der Waals surface area contributed by atoms with E-state index in [4.69, 9.17) is 5.73 Å². The second-order valence-corrected chi connectivity index (χ2v) is 4.69. The van der Waals surface area contributed by atoms with Crippen LogP contribution in [0.1, 0.15) is 27.2 Å². The smallest absolute Gasteiger partial charge is 0.225 e. The number of halogens is 1. The van der Waals surface area contributed by atoms with Crippen molar-refractivity contribution in [1.29, 1.82) is 0 Å². The highest BCUT2D eigenvalue weighted by molar-refractivity contribution is 5.85. The Bertz CT molecular complexity index is 284. The molecular formula is C11H22ClN3O2. The van der Waals surface area contributed by atoms with Gasteiger partial charge in [0.15, 0.2) is 0 Å². The molecule has 5 nitrogen and oxygen atoms in total. The standard InChI is InChI=1S/C11H21N3O2.ClH/c1-7(2)14-6-9(4-10(14)15)13-11(16)8(3)5-12;/h7-9H,4-6,12H2,1-3H3,(H,13,16);1H. The van der Waals surface area contributed by atoms with Crippen molar-refractivity contribution in [1.82, 2.24) is 10.2 Å². The number of nitrogens with zero attached hydrogens (tertiary/aromatic N) is 1. The number of likely N-dealkylation sites (tertiary alicyclic amines) is 1. The highest BCUT2D eigenvalue weighted by Crippen LogP contribution is 2.14. The van der Waals surface area contributed by atoms with Gasteiger partial charge in [-0.3, -0.25) is 9.59 Å². The van der Waals surface area contributed by atoms with Crippen molar-refractivity contribution >= 4 is 24.2 Å². The average molecular weight is 264 g/mol. The predicted molar refractivity (Wildman–Crippen MR) is 68.9 cm³/mol. The number of rotatable bonds is 4. The SMILES string of the molecule is CC(CN)C(=O)NC1CC(=O)N(C(C)C)C1.Cl. The molecule has 1 fully saturated rings. The van der Waals surface area contributed by atoms with Gasteiger partial charge in [-0.1, -0.05) is 6.92 Å². The minimum Gasteiger partial charge on any atom is -0.351 e. The van der Waals surface area contributed by atoms with Crippen LogP contribution in [0.15, 0.2) is 0 Å². The summed E-state index contributed by atoms with van der Waals surface area (Å²) in [5.41, 5.74) is 5.41. The average Bonchev–Trinajstić information content (AvgIpc) is 2.58. The zero-order valence-corrected chi connectivity index (χ0v) is 11.4. The number of hydrogen-bond acceptors (Lipinski definition) is 3. The first-order valence-electron chi connectivity index (χ1n) is 5.75. The summed E-state index contributed by atoms with van der Waals surface area (Å²) in [4.78, 5) is 25.0. The van der Waals surface area contributed by atoms with Crippen LogP contribution in [-0.2, 0) is 9.59 Å². The van der Waals surface area contributed by atoms with Crippen LogP contribution in [0.25, 0.3) is 0 Å². The Morgan fingerprint density at radius 1 is 1.53 bits per heavy atom. The summed E-state index contributed by atoms with van der Waals surface area (Å²) in [6.45, 7) is 6.68. The number of nitrogens with one attached hydrogen (secondary N) is 1. The fraction of sp³-hybridized carbons (Fsp3) is 0.818. The molecule has 1 aliphatic heterocycles. The van der Waals surface area contributed by atoms with Crippen LogP contribution in [-0.4, -0.2) is 41.9 Å². The van der Waals surface area contributed by atoms with E-state index in [-0.39, 0.29) is 42.2 Å². The lowest BCUT2D eigenvalue weighted by Crippen LogP contribution is -2.42. The summed E-state index contributed by atoms with van der Waals surface area (Å²) in [5.74, 6) is -0.144. The Labute approximate surface area is 109 Å². The molecule has 0 radical (unpaired) electrons. The van der Waals surface area contributed by atoms with E-state index in [1.807, 2.05) is 13.8 Å². The Kier molecular flexibility index (Phi) is 6.49. The third kappa shape index (κ3) is 4.16. The predicted octanol–water partition coefficient (Wildman–Crippen LogP) is 0.129. The zero-order chi connectivity index (χ0) is 12.3. The van der Waals surface area contributed by atoms with Crippen LogP contribution in [0.5, 0.6) is 0 Å². The van der Waals surface area contributed by atoms with Crippen LogP contribution < -0.4 is 11.1 Å². The van der Waals surface area contributed by atoms with Crippen LogP contribution >= 0.6 is 12.4 Å². The van der Waals surface area contributed by atoms with E-state index in [2.05, 4.69) is 5.32 Å². The molecule has 6 heteroatoms. The molecular weight excluding hydrogens is 242 g/mol. The van der Waals surface area contributed by atoms with Crippen molar-refractivity contribution in [3.05, 3.63) is 0 Å². The fourth-order valence-electron chi connectivity index (χ4n) is 1.78. The van der Waals surface area contributed by atoms with Gasteiger partial charge in [-0.15, -0.1) is 12.4 Å². The lowest BCUT2D eigenvalue weighted by Gasteiger charge is -2.21. The quantitative estimate of drug-likeness (QED) is 0.757. The number of amides is 2. The zero-order valence-electron chi connectivity index (χ0n) is 10.6. The maximum atomic E-state index is 11.6. The first-order chi connectivity index (χ1) is 7.45. The van der Waals surface area contributed by atoms with Gasteiger partial charge >= 0.3 is 0 Å². The van der Waals surface area contributed by atoms with Gasteiger partial charge in [0.05, 0.1) is 6.04 Å². The lowest BCUT2D eigenvalue weighted by atomic mass is 10.1. The number of carbonyl (C=O) groups is 2. The number of carbonyl (C=O) groups excluding carboxylic acids is 2. The van der Waals surface area contributed by atoms with E-state index < -0.39 is 0 Å². The molecule has 100 valence electrons. The van der Waals surface area contributed by atoms with Gasteiger partial charge in [0.1, 0.15) is 0 Å². The molecule has 0 aromatic heterocycles. The Morgan fingerprint density at radius 3 is 2.53 bits per heavy atom. The Morgan fingerprint density at radius 2 is 2.12 bits per heavy atom. The van der Waals surface area contributed by atoms with Crippen molar-refractivity contribution < 1.29 is 9.59 Å². The maximum absolute atomic E-state index is 11.6. The first kappa shape index (κ1) is 16.2. The highest BCUT2D eigenvalue weighted by atomic mass is 35.5. The molecule has 17 heavy (non-hydrogen) atoms. The first-order valence-corrected chi connectivity index (χ1v) is 5.75. The third-order valence-electron chi connectivity index (χ3n) is 2.93. The topological polar surface area (TPSA) is 75.4 Å². The summed E-state index contributed by atoms with van der Waals surface area (Å²) < 4.78 is 0. The van der Waals surface area contributed by atoms with Gasteiger partial charge < -0.3 is 16.0 Å². The molecule has 3 N–H and O–H groups in total. The molecule has 0 spiro atoms. The molecule has 1 rings (SSSR count). The van der Waals surface area contributed by atoms with Crippen molar-refractivity contribution in [3.8, 4) is 0 Å². The fourth-order valence-corrected chi connectivity index (χ4v) is 1.78. The van der Waals surface area contributed by atoms with Gasteiger partial charge in [-0.2, -0.15) is 0 Å². The Hall–Kier alpha value is -0.810. The number of hydrogen-bond donors (Lipinski definition) is 2. The molecule has 2 unspecified atom stereocenters. The summed E-state index contributed by atoms with van der Waals surface area (Å²) in [6.07, 6.45) is 0.404. The van der Waals surface area contributed by atoms with Gasteiger partial charge in [-0.05, 0) is 13.8 Å². The molecule has 2 atom stereocenters. The lowest BCUT2D eigenvalue weighted by molar-refractivity contribution is -0.129. The van der Waals surface area contributed by atoms with Gasteiger partial charge in [0, 0.05) is 31.5 Å². The molecule has 1 saturated heterocycles. The largest absolute Gasteiger partial charge is 0.351 e. The number of nitrogens with two attached hydrogens (primary N) is 1. The molecule has 1 heterocycles. The van der Waals surface area contributed by atoms with Crippen molar-refractivity contribution in [3.63, 3.8) is 0 Å². The summed E-state index contributed by atoms with van der Waals surface area (Å²) >= 11 is 0. The van der Waals surface area contributed by atoms with Crippen molar-refractivity contribution in [2.45, 2.75) is 39.3 Å². The van der Waals surface area contributed by atoms with Crippen molar-refractivity contribution in [2.75, 3.05) is 13.1 Å². The second kappa shape index (κ2) is 6.81. The van der Waals surface area contributed by atoms with Gasteiger partial charge in [0.2, 0.25) is 11.8 Å². The second-order valence-electron chi connectivity index (χ2n) is 4.69. The van der Waals surface area contributed by atoms with E-state index >= 15 is 0 Å². The van der Waals surface area contributed by atoms with Crippen LogP contribution in [0, 0.1) is 5.92 Å². The van der Waals surface area contributed by atoms with Crippen LogP contribution in [0.3, 0.4) is 0 Å². The van der Waals surface area contributed by atoms with Gasteiger partial charge in [0.25, 0.3) is 0 Å². The van der Waals surface area contributed by atoms with E-state index in [0.717, 1.165) is 0 Å². The van der Waals surface area contributed by atoms with E-state index in [9.17, 15) is 9.59 Å². The minimum atomic E-state index is -0.191. The summed E-state index contributed by atoms with van der Waals surface area (Å²) in [7, 11) is 0. The molecule has 0 aromatic carbocycles. The molecule has 0 aliphatic carbocycles. The molecule has 0 aromatic rings. The third-order valence-corrected chi connectivity index (χ3v) is 2.93. The summed E-state index contributed by atoms with van der Waals surface area (Å²) in [5, 5.41) is 2.86. The molecule has 0 saturated carbocycles. The molecule has 2 amide bonds. The Balaban J connectivity index is 0.00000256.